The topological polar surface area (TPSA) is 38.8 Å². The van der Waals surface area contributed by atoms with E-state index in [-0.39, 0.29) is 12.0 Å². The summed E-state index contributed by atoms with van der Waals surface area (Å²) in [6.07, 6.45) is 5.03. The van der Waals surface area contributed by atoms with Crippen LogP contribution >= 0.6 is 8.53 Å². The van der Waals surface area contributed by atoms with Gasteiger partial charge in [0.15, 0.2) is 0 Å². The zero-order valence-electron chi connectivity index (χ0n) is 9.15. The second kappa shape index (κ2) is 5.24. The minimum atomic E-state index is -1.10. The highest BCUT2D eigenvalue weighted by Crippen LogP contribution is 2.48. The van der Waals surface area contributed by atoms with Crippen LogP contribution in [0.2, 0.25) is 0 Å². The molecule has 2 unspecified atom stereocenters. The summed E-state index contributed by atoms with van der Waals surface area (Å²) in [6, 6.07) is 0. The fourth-order valence-electron chi connectivity index (χ4n) is 1.80. The van der Waals surface area contributed by atoms with Gasteiger partial charge in [-0.3, -0.25) is 9.46 Å². The molecule has 2 aliphatic rings. The van der Waals surface area contributed by atoms with Crippen molar-refractivity contribution >= 4 is 14.4 Å². The van der Waals surface area contributed by atoms with E-state index in [4.69, 9.17) is 9.05 Å². The maximum Gasteiger partial charge on any atom is 0.292 e. The first-order valence-electron chi connectivity index (χ1n) is 5.67. The molecule has 4 nitrogen and oxygen atoms in total. The van der Waals surface area contributed by atoms with Gasteiger partial charge >= 0.3 is 0 Å². The van der Waals surface area contributed by atoms with E-state index < -0.39 is 8.53 Å². The molecule has 0 saturated carbocycles. The third-order valence-corrected chi connectivity index (χ3v) is 4.50. The smallest absolute Gasteiger partial charge is 0.292 e. The predicted octanol–water partition coefficient (Wildman–Crippen LogP) is 2.44. The largest absolute Gasteiger partial charge is 0.317 e. The van der Waals surface area contributed by atoms with Crippen LogP contribution in [0, 0.1) is 0 Å². The van der Waals surface area contributed by atoms with E-state index in [0.717, 1.165) is 38.8 Å². The number of hydrogen-bond acceptors (Lipinski definition) is 3. The van der Waals surface area contributed by atoms with E-state index in [2.05, 4.69) is 0 Å². The minimum absolute atomic E-state index is 0.202. The van der Waals surface area contributed by atoms with Crippen LogP contribution in [0.15, 0.2) is 0 Å². The molecule has 1 amide bonds. The molecule has 0 bridgehead atoms. The maximum absolute atomic E-state index is 11.8. The van der Waals surface area contributed by atoms with Crippen LogP contribution in [0.3, 0.4) is 0 Å². The predicted molar refractivity (Wildman–Crippen MR) is 58.2 cm³/mol. The van der Waals surface area contributed by atoms with Crippen molar-refractivity contribution in [3.05, 3.63) is 0 Å². The molecule has 0 spiro atoms. The number of amides is 1. The van der Waals surface area contributed by atoms with Crippen LogP contribution in [0.1, 0.15) is 39.0 Å². The Kier molecular flexibility index (Phi) is 3.95. The van der Waals surface area contributed by atoms with Crippen molar-refractivity contribution in [2.45, 2.75) is 45.1 Å². The van der Waals surface area contributed by atoms with E-state index in [9.17, 15) is 4.79 Å². The first-order valence-corrected chi connectivity index (χ1v) is 6.80. The number of carbonyl (C=O) groups is 1. The van der Waals surface area contributed by atoms with Crippen molar-refractivity contribution < 1.29 is 13.8 Å². The fraction of sp³-hybridized carbons (Fsp3) is 0.900. The Hall–Kier alpha value is -0.180. The third kappa shape index (κ3) is 2.90. The quantitative estimate of drug-likeness (QED) is 0.650. The Balaban J connectivity index is 1.97. The van der Waals surface area contributed by atoms with E-state index in [1.54, 1.807) is 0 Å². The van der Waals surface area contributed by atoms with Crippen molar-refractivity contribution in [3.63, 3.8) is 0 Å². The molecule has 0 aliphatic carbocycles. The second-order valence-electron chi connectivity index (χ2n) is 4.10. The van der Waals surface area contributed by atoms with Gasteiger partial charge in [-0.1, -0.05) is 6.42 Å². The highest BCUT2D eigenvalue weighted by molar-refractivity contribution is 7.45. The Labute approximate surface area is 91.9 Å². The molecular weight excluding hydrogens is 213 g/mol. The normalized spacial score (nSPS) is 33.9. The lowest BCUT2D eigenvalue weighted by molar-refractivity contribution is -0.127. The molecule has 0 N–H and O–H groups in total. The first-order chi connectivity index (χ1) is 7.27. The van der Waals surface area contributed by atoms with Gasteiger partial charge in [0, 0.05) is 13.0 Å². The van der Waals surface area contributed by atoms with Gasteiger partial charge in [0.1, 0.15) is 0 Å². The highest BCUT2D eigenvalue weighted by atomic mass is 31.2. The molecular formula is C10H18NO3P. The van der Waals surface area contributed by atoms with Gasteiger partial charge in [-0.25, -0.2) is 0 Å². The number of rotatable bonds is 1. The van der Waals surface area contributed by atoms with Gasteiger partial charge < -0.3 is 9.05 Å². The second-order valence-corrected chi connectivity index (χ2v) is 5.53. The molecule has 86 valence electrons. The van der Waals surface area contributed by atoms with Crippen LogP contribution in [0.4, 0.5) is 0 Å². The number of carbonyl (C=O) groups excluding carboxylic acids is 1. The molecule has 2 atom stereocenters. The van der Waals surface area contributed by atoms with Crippen LogP contribution in [0.25, 0.3) is 0 Å². The molecule has 2 rings (SSSR count). The summed E-state index contributed by atoms with van der Waals surface area (Å²) in [7, 11) is -1.10. The fourth-order valence-corrected chi connectivity index (χ4v) is 3.38. The van der Waals surface area contributed by atoms with Crippen LogP contribution in [-0.4, -0.2) is 29.8 Å². The molecule has 2 saturated heterocycles. The molecule has 0 aromatic carbocycles. The van der Waals surface area contributed by atoms with Gasteiger partial charge in [0.05, 0.1) is 12.7 Å². The summed E-state index contributed by atoms with van der Waals surface area (Å²) >= 11 is 0. The van der Waals surface area contributed by atoms with Crippen LogP contribution in [0.5, 0.6) is 0 Å². The summed E-state index contributed by atoms with van der Waals surface area (Å²) in [5.74, 6) is 0.202. The number of nitrogens with zero attached hydrogens (tertiary/aromatic N) is 1. The minimum Gasteiger partial charge on any atom is -0.317 e. The van der Waals surface area contributed by atoms with Crippen molar-refractivity contribution in [2.75, 3.05) is 13.2 Å². The monoisotopic (exact) mass is 231 g/mol. The molecule has 0 aromatic heterocycles. The number of hydrogen-bond donors (Lipinski definition) is 0. The van der Waals surface area contributed by atoms with Gasteiger partial charge in [-0.15, -0.1) is 0 Å². The molecule has 0 aromatic rings. The Bertz CT molecular complexity index is 237. The van der Waals surface area contributed by atoms with Gasteiger partial charge in [0.2, 0.25) is 5.91 Å². The summed E-state index contributed by atoms with van der Waals surface area (Å²) in [4.78, 5) is 11.8. The molecule has 5 heteroatoms. The van der Waals surface area contributed by atoms with Crippen LogP contribution in [-0.2, 0) is 13.8 Å². The third-order valence-electron chi connectivity index (χ3n) is 2.74. The maximum atomic E-state index is 11.8. The summed E-state index contributed by atoms with van der Waals surface area (Å²) < 4.78 is 13.1. The van der Waals surface area contributed by atoms with Gasteiger partial charge in [0.25, 0.3) is 8.53 Å². The van der Waals surface area contributed by atoms with E-state index in [1.807, 2.05) is 11.6 Å². The average molecular weight is 231 g/mol. The van der Waals surface area contributed by atoms with Gasteiger partial charge in [-0.2, -0.15) is 0 Å². The Morgan fingerprint density at radius 2 is 2.27 bits per heavy atom. The summed E-state index contributed by atoms with van der Waals surface area (Å²) in [5, 5.41) is 0. The molecule has 2 heterocycles. The summed E-state index contributed by atoms with van der Waals surface area (Å²) in [6.45, 7) is 3.56. The molecule has 0 radical (unpaired) electrons. The lowest BCUT2D eigenvalue weighted by atomic mass is 10.2. The van der Waals surface area contributed by atoms with Crippen molar-refractivity contribution in [1.82, 2.24) is 4.67 Å². The lowest BCUT2D eigenvalue weighted by Gasteiger charge is -2.33. The van der Waals surface area contributed by atoms with E-state index >= 15 is 0 Å². The molecule has 15 heavy (non-hydrogen) atoms. The van der Waals surface area contributed by atoms with Gasteiger partial charge in [-0.05, 0) is 26.2 Å². The first kappa shape index (κ1) is 11.3. The van der Waals surface area contributed by atoms with Crippen LogP contribution < -0.4 is 0 Å². The zero-order valence-corrected chi connectivity index (χ0v) is 10.0. The highest BCUT2D eigenvalue weighted by Gasteiger charge is 2.31. The van der Waals surface area contributed by atoms with E-state index in [0.29, 0.717) is 6.42 Å². The Morgan fingerprint density at radius 3 is 3.07 bits per heavy atom. The average Bonchev–Trinajstić information content (AvgIpc) is 2.43. The van der Waals surface area contributed by atoms with Crippen molar-refractivity contribution in [2.24, 2.45) is 0 Å². The molecule has 2 aliphatic heterocycles. The lowest BCUT2D eigenvalue weighted by Crippen LogP contribution is -2.30. The van der Waals surface area contributed by atoms with Crippen molar-refractivity contribution in [3.8, 4) is 0 Å². The SMILES string of the molecule is CC1CCOP(N2CCCCCC2=O)O1. The zero-order chi connectivity index (χ0) is 10.7. The van der Waals surface area contributed by atoms with Crippen molar-refractivity contribution in [1.29, 1.82) is 0 Å². The van der Waals surface area contributed by atoms with E-state index in [1.165, 1.54) is 0 Å². The standard InChI is InChI=1S/C10H18NO3P/c1-9-6-8-13-15(14-9)11-7-4-2-3-5-10(11)12/h9H,2-8H2,1H3. The Morgan fingerprint density at radius 1 is 1.40 bits per heavy atom. The molecule has 2 fully saturated rings. The summed E-state index contributed by atoms with van der Waals surface area (Å²) in [5.41, 5.74) is 0.